The van der Waals surface area contributed by atoms with Gasteiger partial charge in [0.25, 0.3) is 0 Å². The van der Waals surface area contributed by atoms with Crippen molar-refractivity contribution < 1.29 is 9.53 Å². The smallest absolute Gasteiger partial charge is 0.355 e. The third-order valence-electron chi connectivity index (χ3n) is 5.58. The number of halogens is 2. The van der Waals surface area contributed by atoms with E-state index < -0.39 is 5.97 Å². The van der Waals surface area contributed by atoms with Crippen LogP contribution in [0.5, 0.6) is 0 Å². The van der Waals surface area contributed by atoms with E-state index in [4.69, 9.17) is 32.9 Å². The van der Waals surface area contributed by atoms with Crippen molar-refractivity contribution in [3.63, 3.8) is 0 Å². The highest BCUT2D eigenvalue weighted by molar-refractivity contribution is 6.31. The maximum absolute atomic E-state index is 12.9. The number of rotatable bonds is 6. The Morgan fingerprint density at radius 2 is 1.68 bits per heavy atom. The Hall–Kier alpha value is -3.54. The van der Waals surface area contributed by atoms with E-state index in [-0.39, 0.29) is 6.61 Å². The Labute approximate surface area is 206 Å². The molecule has 5 nitrogen and oxygen atoms in total. The summed E-state index contributed by atoms with van der Waals surface area (Å²) < 4.78 is 5.36. The van der Waals surface area contributed by atoms with Crippen molar-refractivity contribution in [2.75, 3.05) is 6.61 Å². The molecule has 170 valence electrons. The van der Waals surface area contributed by atoms with Gasteiger partial charge >= 0.3 is 5.97 Å². The summed E-state index contributed by atoms with van der Waals surface area (Å²) in [7, 11) is 0. The molecule has 0 unspecified atom stereocenters. The van der Waals surface area contributed by atoms with Gasteiger partial charge in [-0.25, -0.2) is 9.78 Å². The summed E-state index contributed by atoms with van der Waals surface area (Å²) in [5.41, 5.74) is 5.32. The topological polar surface area (TPSA) is 70.8 Å². The van der Waals surface area contributed by atoms with Crippen LogP contribution >= 0.6 is 23.2 Å². The molecule has 5 aromatic rings. The number of H-pyrrole nitrogens is 2. The Bertz CT molecular complexity index is 1470. The summed E-state index contributed by atoms with van der Waals surface area (Å²) in [6, 6.07) is 23.1. The number of hydrogen-bond donors (Lipinski definition) is 2. The number of imidazole rings is 1. The number of benzene rings is 3. The van der Waals surface area contributed by atoms with Crippen LogP contribution in [0.2, 0.25) is 10.0 Å². The number of nitrogens with zero attached hydrogens (tertiary/aromatic N) is 1. The van der Waals surface area contributed by atoms with Crippen LogP contribution in [0.25, 0.3) is 33.4 Å². The second kappa shape index (κ2) is 9.37. The van der Waals surface area contributed by atoms with Crippen LogP contribution in [0.1, 0.15) is 28.8 Å². The average molecular weight is 490 g/mol. The van der Waals surface area contributed by atoms with Crippen molar-refractivity contribution in [1.82, 2.24) is 15.0 Å². The molecule has 0 radical (unpaired) electrons. The molecule has 0 amide bonds. The van der Waals surface area contributed by atoms with Gasteiger partial charge in [0, 0.05) is 38.5 Å². The summed E-state index contributed by atoms with van der Waals surface area (Å²) in [5.74, 6) is 0.340. The monoisotopic (exact) mass is 489 g/mol. The number of ether oxygens (including phenoxy) is 1. The summed E-state index contributed by atoms with van der Waals surface area (Å²) in [6.45, 7) is 2.05. The van der Waals surface area contributed by atoms with Gasteiger partial charge in [-0.05, 0) is 36.8 Å². The van der Waals surface area contributed by atoms with E-state index in [0.717, 1.165) is 39.2 Å². The van der Waals surface area contributed by atoms with Crippen LogP contribution in [0.15, 0.2) is 72.8 Å². The molecule has 2 aromatic heterocycles. The van der Waals surface area contributed by atoms with Crippen molar-refractivity contribution in [3.8, 4) is 22.5 Å². The lowest BCUT2D eigenvalue weighted by molar-refractivity contribution is 0.0521. The number of aromatic amines is 2. The van der Waals surface area contributed by atoms with Gasteiger partial charge in [-0.2, -0.15) is 0 Å². The van der Waals surface area contributed by atoms with E-state index >= 15 is 0 Å². The fourth-order valence-corrected chi connectivity index (χ4v) is 4.37. The molecule has 0 saturated heterocycles. The molecule has 0 spiro atoms. The van der Waals surface area contributed by atoms with Gasteiger partial charge in [0.05, 0.1) is 18.0 Å². The van der Waals surface area contributed by atoms with Crippen LogP contribution in [0.4, 0.5) is 0 Å². The Morgan fingerprint density at radius 1 is 0.941 bits per heavy atom. The van der Waals surface area contributed by atoms with Gasteiger partial charge in [-0.1, -0.05) is 71.7 Å². The fourth-order valence-electron chi connectivity index (χ4n) is 4.07. The summed E-state index contributed by atoms with van der Waals surface area (Å²) >= 11 is 12.3. The molecule has 0 aliphatic heterocycles. The molecule has 0 saturated carbocycles. The van der Waals surface area contributed by atoms with Gasteiger partial charge < -0.3 is 14.7 Å². The van der Waals surface area contributed by atoms with Gasteiger partial charge in [0.15, 0.2) is 0 Å². The van der Waals surface area contributed by atoms with E-state index in [0.29, 0.717) is 27.7 Å². The molecule has 3 aromatic carbocycles. The highest BCUT2D eigenvalue weighted by atomic mass is 35.5. The molecule has 0 atom stereocenters. The predicted molar refractivity (Wildman–Crippen MR) is 137 cm³/mol. The number of hydrogen-bond acceptors (Lipinski definition) is 3. The fraction of sp³-hybridized carbons (Fsp3) is 0.111. The molecule has 2 heterocycles. The van der Waals surface area contributed by atoms with E-state index in [9.17, 15) is 4.79 Å². The first-order valence-corrected chi connectivity index (χ1v) is 11.7. The van der Waals surface area contributed by atoms with Crippen molar-refractivity contribution >= 4 is 40.1 Å². The summed E-state index contributed by atoms with van der Waals surface area (Å²) in [5, 5.41) is 2.11. The molecule has 7 heteroatoms. The first kappa shape index (κ1) is 22.3. The normalized spacial score (nSPS) is 11.1. The standard InChI is InChI=1S/C27H21Cl2N3O2/c1-2-34-27(33)26-23(20-13-12-19(29)15-21(20)30-26)25-24(17-6-4-3-5-7-17)31-22(32-25)14-16-8-10-18(28)11-9-16/h3-13,15,30H,2,14H2,1H3,(H,31,32). The first-order chi connectivity index (χ1) is 16.5. The zero-order valence-electron chi connectivity index (χ0n) is 18.4. The van der Waals surface area contributed by atoms with Crippen LogP contribution in [-0.2, 0) is 11.2 Å². The zero-order chi connectivity index (χ0) is 23.7. The van der Waals surface area contributed by atoms with Gasteiger partial charge in [0.1, 0.15) is 11.5 Å². The second-order valence-corrected chi connectivity index (χ2v) is 8.73. The molecule has 34 heavy (non-hydrogen) atoms. The molecular formula is C27H21Cl2N3O2. The highest BCUT2D eigenvalue weighted by Crippen LogP contribution is 2.38. The number of nitrogens with one attached hydrogen (secondary N) is 2. The number of aromatic nitrogens is 3. The lowest BCUT2D eigenvalue weighted by atomic mass is 10.0. The predicted octanol–water partition coefficient (Wildman–Crippen LogP) is 7.30. The number of esters is 1. The third-order valence-corrected chi connectivity index (χ3v) is 6.06. The van der Waals surface area contributed by atoms with Crippen molar-refractivity contribution in [3.05, 3.63) is 99.9 Å². The minimum absolute atomic E-state index is 0.269. The molecule has 5 rings (SSSR count). The average Bonchev–Trinajstić information content (AvgIpc) is 3.42. The van der Waals surface area contributed by atoms with Crippen LogP contribution < -0.4 is 0 Å². The molecule has 2 N–H and O–H groups in total. The minimum Gasteiger partial charge on any atom is -0.461 e. The number of carbonyl (C=O) groups excluding carboxylic acids is 1. The summed E-state index contributed by atoms with van der Waals surface area (Å²) in [6.07, 6.45) is 0.583. The minimum atomic E-state index is -0.433. The first-order valence-electron chi connectivity index (χ1n) is 10.9. The zero-order valence-corrected chi connectivity index (χ0v) is 19.9. The summed E-state index contributed by atoms with van der Waals surface area (Å²) in [4.78, 5) is 24.6. The van der Waals surface area contributed by atoms with E-state index in [1.807, 2.05) is 66.7 Å². The number of carbonyl (C=O) groups is 1. The largest absolute Gasteiger partial charge is 0.461 e. The highest BCUT2D eigenvalue weighted by Gasteiger charge is 2.25. The Kier molecular flexibility index (Phi) is 6.14. The van der Waals surface area contributed by atoms with Gasteiger partial charge in [-0.3, -0.25) is 0 Å². The van der Waals surface area contributed by atoms with Crippen molar-refractivity contribution in [1.29, 1.82) is 0 Å². The molecular weight excluding hydrogens is 469 g/mol. The maximum Gasteiger partial charge on any atom is 0.355 e. The quantitative estimate of drug-likeness (QED) is 0.246. The van der Waals surface area contributed by atoms with Gasteiger partial charge in [0.2, 0.25) is 0 Å². The Morgan fingerprint density at radius 3 is 2.41 bits per heavy atom. The Balaban J connectivity index is 1.72. The lowest BCUT2D eigenvalue weighted by Gasteiger charge is -2.06. The number of fused-ring (bicyclic) bond motifs is 1. The molecule has 0 aliphatic carbocycles. The van der Waals surface area contributed by atoms with E-state index in [2.05, 4.69) is 9.97 Å². The van der Waals surface area contributed by atoms with E-state index in [1.54, 1.807) is 13.0 Å². The van der Waals surface area contributed by atoms with Crippen LogP contribution in [-0.4, -0.2) is 27.5 Å². The van der Waals surface area contributed by atoms with E-state index in [1.165, 1.54) is 0 Å². The third kappa shape index (κ3) is 4.32. The van der Waals surface area contributed by atoms with Gasteiger partial charge in [-0.15, -0.1) is 0 Å². The molecule has 0 fully saturated rings. The van der Waals surface area contributed by atoms with Crippen molar-refractivity contribution in [2.24, 2.45) is 0 Å². The second-order valence-electron chi connectivity index (χ2n) is 7.86. The van der Waals surface area contributed by atoms with Crippen LogP contribution in [0.3, 0.4) is 0 Å². The SMILES string of the molecule is CCOC(=O)c1[nH]c2cc(Cl)ccc2c1-c1[nH]c(Cc2ccc(Cl)cc2)nc1-c1ccccc1. The maximum atomic E-state index is 12.9. The van der Waals surface area contributed by atoms with Crippen molar-refractivity contribution in [2.45, 2.75) is 13.3 Å². The van der Waals surface area contributed by atoms with Crippen LogP contribution in [0, 0.1) is 0 Å². The molecule has 0 aliphatic rings. The lowest BCUT2D eigenvalue weighted by Crippen LogP contribution is -2.06. The molecule has 0 bridgehead atoms.